The van der Waals surface area contributed by atoms with Gasteiger partial charge in [0.05, 0.1) is 0 Å². The van der Waals surface area contributed by atoms with Gasteiger partial charge in [-0.25, -0.2) is 4.39 Å². The van der Waals surface area contributed by atoms with Crippen molar-refractivity contribution in [3.8, 4) is 0 Å². The van der Waals surface area contributed by atoms with Gasteiger partial charge in [0.25, 0.3) is 0 Å². The van der Waals surface area contributed by atoms with Gasteiger partial charge in [-0.2, -0.15) is 0 Å². The fourth-order valence-electron chi connectivity index (χ4n) is 3.19. The first-order chi connectivity index (χ1) is 12.7. The van der Waals surface area contributed by atoms with Crippen molar-refractivity contribution < 1.29 is 9.18 Å². The van der Waals surface area contributed by atoms with Crippen LogP contribution in [-0.2, 0) is 4.79 Å². The number of carbonyl (C=O) groups excluding carboxylic acids is 1. The number of hydrogen-bond acceptors (Lipinski definition) is 4. The van der Waals surface area contributed by atoms with E-state index in [0.717, 1.165) is 42.2 Å². The Morgan fingerprint density at radius 3 is 2.46 bits per heavy atom. The summed E-state index contributed by atoms with van der Waals surface area (Å²) >= 11 is 1.44. The molecule has 5 rings (SSSR count). The minimum atomic E-state index is -0.440. The van der Waals surface area contributed by atoms with Crippen molar-refractivity contribution in [2.45, 2.75) is 66.9 Å². The Kier molecular flexibility index (Phi) is 3.99. The number of benzene rings is 1. The van der Waals surface area contributed by atoms with Crippen molar-refractivity contribution in [1.82, 2.24) is 20.1 Å². The zero-order valence-corrected chi connectivity index (χ0v) is 15.2. The molecule has 0 aliphatic heterocycles. The number of nitrogens with one attached hydrogen (secondary N) is 1. The van der Waals surface area contributed by atoms with Gasteiger partial charge in [0.1, 0.15) is 16.9 Å². The van der Waals surface area contributed by atoms with E-state index in [2.05, 4.69) is 20.1 Å². The van der Waals surface area contributed by atoms with Gasteiger partial charge in [-0.05, 0) is 56.2 Å². The molecule has 3 aliphatic carbocycles. The van der Waals surface area contributed by atoms with Crippen LogP contribution >= 0.6 is 11.8 Å². The maximum atomic E-state index is 13.3. The number of thioether (sulfide) groups is 1. The second-order valence-electron chi connectivity index (χ2n) is 7.55. The Morgan fingerprint density at radius 2 is 1.85 bits per heavy atom. The van der Waals surface area contributed by atoms with E-state index in [1.807, 2.05) is 0 Å². The van der Waals surface area contributed by atoms with Crippen LogP contribution < -0.4 is 5.32 Å². The van der Waals surface area contributed by atoms with Gasteiger partial charge < -0.3 is 9.88 Å². The molecule has 3 aliphatic rings. The topological polar surface area (TPSA) is 59.8 Å². The van der Waals surface area contributed by atoms with Crippen LogP contribution in [0.15, 0.2) is 29.4 Å². The van der Waals surface area contributed by atoms with E-state index in [1.165, 1.54) is 36.7 Å². The van der Waals surface area contributed by atoms with Crippen molar-refractivity contribution >= 4 is 17.7 Å². The summed E-state index contributed by atoms with van der Waals surface area (Å²) in [4.78, 5) is 12.9. The monoisotopic (exact) mass is 372 g/mol. The summed E-state index contributed by atoms with van der Waals surface area (Å²) in [5.41, 5.74) is 0.799. The molecule has 1 heterocycles. The number of hydrogen-bond donors (Lipinski definition) is 1. The maximum absolute atomic E-state index is 13.3. The third-order valence-corrected chi connectivity index (χ3v) is 6.31. The predicted octanol–water partition coefficient (Wildman–Crippen LogP) is 3.74. The van der Waals surface area contributed by atoms with Crippen LogP contribution in [0.4, 0.5) is 4.39 Å². The van der Waals surface area contributed by atoms with Crippen LogP contribution in [0.25, 0.3) is 0 Å². The number of amides is 1. The number of aromatic nitrogens is 3. The van der Waals surface area contributed by atoms with E-state index < -0.39 is 5.25 Å². The molecule has 1 aromatic heterocycles. The summed E-state index contributed by atoms with van der Waals surface area (Å²) in [6, 6.07) is 6.97. The number of carbonyl (C=O) groups is 1. The third-order valence-electron chi connectivity index (χ3n) is 5.10. The van der Waals surface area contributed by atoms with E-state index in [9.17, 15) is 9.18 Å². The molecular weight excluding hydrogens is 351 g/mol. The molecule has 1 amide bonds. The van der Waals surface area contributed by atoms with Crippen molar-refractivity contribution in [2.75, 3.05) is 0 Å². The van der Waals surface area contributed by atoms with Crippen LogP contribution in [0.1, 0.15) is 67.1 Å². The van der Waals surface area contributed by atoms with Crippen LogP contribution in [0.2, 0.25) is 0 Å². The van der Waals surface area contributed by atoms with E-state index in [0.29, 0.717) is 12.0 Å². The molecule has 136 valence electrons. The summed E-state index contributed by atoms with van der Waals surface area (Å²) < 4.78 is 15.6. The highest BCUT2D eigenvalue weighted by molar-refractivity contribution is 8.00. The molecule has 5 nitrogen and oxygen atoms in total. The molecule has 0 radical (unpaired) electrons. The van der Waals surface area contributed by atoms with E-state index in [4.69, 9.17) is 0 Å². The van der Waals surface area contributed by atoms with Crippen LogP contribution in [0.5, 0.6) is 0 Å². The largest absolute Gasteiger partial charge is 0.352 e. The van der Waals surface area contributed by atoms with Gasteiger partial charge in [-0.3, -0.25) is 4.79 Å². The molecule has 0 bridgehead atoms. The lowest BCUT2D eigenvalue weighted by Crippen LogP contribution is -2.30. The first-order valence-corrected chi connectivity index (χ1v) is 10.2. The van der Waals surface area contributed by atoms with Crippen molar-refractivity contribution in [3.05, 3.63) is 41.5 Å². The molecule has 1 atom stereocenters. The quantitative estimate of drug-likeness (QED) is 0.752. The standard InChI is InChI=1S/C19H21FN4OS/c20-13-5-3-11(4-6-13)16(18(25)21-14-7-8-14)26-19-23-22-17(12-1-2-12)24(19)15-9-10-15/h3-6,12,14-16H,1-2,7-10H2,(H,21,25). The average Bonchev–Trinajstić information content (AvgIpc) is 3.49. The lowest BCUT2D eigenvalue weighted by Gasteiger charge is -2.17. The minimum Gasteiger partial charge on any atom is -0.352 e. The minimum absolute atomic E-state index is 0.0255. The Labute approximate surface area is 155 Å². The zero-order valence-electron chi connectivity index (χ0n) is 14.4. The Hall–Kier alpha value is -1.89. The summed E-state index contributed by atoms with van der Waals surface area (Å²) in [5, 5.41) is 12.3. The molecular formula is C19H21FN4OS. The Balaban J connectivity index is 1.45. The summed E-state index contributed by atoms with van der Waals surface area (Å²) in [7, 11) is 0. The number of halogens is 1. The lowest BCUT2D eigenvalue weighted by molar-refractivity contribution is -0.120. The van der Waals surface area contributed by atoms with Crippen LogP contribution in [0, 0.1) is 5.82 Å². The molecule has 1 aromatic carbocycles. The molecule has 7 heteroatoms. The van der Waals surface area contributed by atoms with E-state index >= 15 is 0 Å². The first-order valence-electron chi connectivity index (χ1n) is 9.36. The molecule has 3 saturated carbocycles. The fraction of sp³-hybridized carbons (Fsp3) is 0.526. The molecule has 3 fully saturated rings. The van der Waals surface area contributed by atoms with Crippen molar-refractivity contribution in [3.63, 3.8) is 0 Å². The lowest BCUT2D eigenvalue weighted by atomic mass is 10.1. The Bertz CT molecular complexity index is 825. The molecule has 2 aromatic rings. The molecule has 1 unspecified atom stereocenters. The normalized spacial score (nSPS) is 20.8. The molecule has 1 N–H and O–H groups in total. The van der Waals surface area contributed by atoms with Gasteiger partial charge in [0, 0.05) is 18.0 Å². The van der Waals surface area contributed by atoms with Gasteiger partial charge in [-0.1, -0.05) is 23.9 Å². The second-order valence-corrected chi connectivity index (χ2v) is 8.62. The highest BCUT2D eigenvalue weighted by atomic mass is 32.2. The number of rotatable bonds is 7. The summed E-state index contributed by atoms with van der Waals surface area (Å²) in [6.07, 6.45) is 6.74. The van der Waals surface area contributed by atoms with Gasteiger partial charge in [0.2, 0.25) is 5.91 Å². The molecule has 26 heavy (non-hydrogen) atoms. The Morgan fingerprint density at radius 1 is 1.12 bits per heavy atom. The average molecular weight is 372 g/mol. The van der Waals surface area contributed by atoms with Gasteiger partial charge >= 0.3 is 0 Å². The smallest absolute Gasteiger partial charge is 0.238 e. The first kappa shape index (κ1) is 16.3. The van der Waals surface area contributed by atoms with Crippen LogP contribution in [-0.4, -0.2) is 26.7 Å². The SMILES string of the molecule is O=C(NC1CC1)C(Sc1nnc(C2CC2)n1C1CC1)c1ccc(F)cc1. The van der Waals surface area contributed by atoms with Crippen molar-refractivity contribution in [2.24, 2.45) is 0 Å². The molecule has 0 saturated heterocycles. The van der Waals surface area contributed by atoms with Gasteiger partial charge in [-0.15, -0.1) is 10.2 Å². The highest BCUT2D eigenvalue weighted by Crippen LogP contribution is 2.47. The van der Waals surface area contributed by atoms with Crippen LogP contribution in [0.3, 0.4) is 0 Å². The summed E-state index contributed by atoms with van der Waals surface area (Å²) in [5.74, 6) is 1.29. The zero-order chi connectivity index (χ0) is 17.7. The van der Waals surface area contributed by atoms with Crippen molar-refractivity contribution in [1.29, 1.82) is 0 Å². The second kappa shape index (κ2) is 6.37. The third kappa shape index (κ3) is 3.37. The predicted molar refractivity (Wildman–Crippen MR) is 96.4 cm³/mol. The van der Waals surface area contributed by atoms with Gasteiger partial charge in [0.15, 0.2) is 5.16 Å². The fourth-order valence-corrected chi connectivity index (χ4v) is 4.31. The van der Waals surface area contributed by atoms with E-state index in [-0.39, 0.29) is 17.8 Å². The highest BCUT2D eigenvalue weighted by Gasteiger charge is 2.38. The van der Waals surface area contributed by atoms with E-state index in [1.54, 1.807) is 12.1 Å². The number of nitrogens with zero attached hydrogens (tertiary/aromatic N) is 3. The molecule has 0 spiro atoms. The summed E-state index contributed by atoms with van der Waals surface area (Å²) in [6.45, 7) is 0. The maximum Gasteiger partial charge on any atom is 0.238 e.